The third-order valence-corrected chi connectivity index (χ3v) is 3.63. The summed E-state index contributed by atoms with van der Waals surface area (Å²) in [6.07, 6.45) is 0. The summed E-state index contributed by atoms with van der Waals surface area (Å²) in [6.45, 7) is 10.4. The van der Waals surface area contributed by atoms with E-state index < -0.39 is 0 Å². The van der Waals surface area contributed by atoms with Crippen LogP contribution in [0.5, 0.6) is 0 Å². The molecular weight excluding hydrogens is 196 g/mol. The fourth-order valence-corrected chi connectivity index (χ4v) is 2.17. The van der Waals surface area contributed by atoms with Crippen molar-refractivity contribution in [3.8, 4) is 0 Å². The molecule has 1 heterocycles. The van der Waals surface area contributed by atoms with E-state index in [0.717, 1.165) is 18.2 Å². The molecule has 88 valence electrons. The van der Waals surface area contributed by atoms with Crippen molar-refractivity contribution in [2.45, 2.75) is 27.3 Å². The van der Waals surface area contributed by atoms with Gasteiger partial charge >= 0.3 is 0 Å². The van der Waals surface area contributed by atoms with E-state index in [4.69, 9.17) is 5.73 Å². The van der Waals surface area contributed by atoms with E-state index in [-0.39, 0.29) is 0 Å². The molecule has 1 aliphatic heterocycles. The van der Waals surface area contributed by atoms with Gasteiger partial charge in [-0.05, 0) is 23.0 Å². The molecule has 0 aliphatic carbocycles. The van der Waals surface area contributed by atoms with Gasteiger partial charge in [0.2, 0.25) is 0 Å². The molecule has 0 saturated carbocycles. The minimum absolute atomic E-state index is 0.443. The van der Waals surface area contributed by atoms with Crippen molar-refractivity contribution in [1.29, 1.82) is 0 Å². The summed E-state index contributed by atoms with van der Waals surface area (Å²) < 4.78 is 0. The minimum Gasteiger partial charge on any atom is -0.398 e. The average molecular weight is 218 g/mol. The highest BCUT2D eigenvalue weighted by Crippen LogP contribution is 2.34. The highest BCUT2D eigenvalue weighted by atomic mass is 15.2. The van der Waals surface area contributed by atoms with Gasteiger partial charge in [0.05, 0.1) is 0 Å². The average Bonchev–Trinajstić information content (AvgIpc) is 2.11. The molecule has 1 fully saturated rings. The number of rotatable bonds is 2. The molecule has 2 rings (SSSR count). The number of hydrogen-bond acceptors (Lipinski definition) is 2. The van der Waals surface area contributed by atoms with Crippen molar-refractivity contribution >= 4 is 5.69 Å². The molecule has 2 N–H and O–H groups in total. The second-order valence-electron chi connectivity index (χ2n) is 5.96. The van der Waals surface area contributed by atoms with Crippen LogP contribution in [0.3, 0.4) is 0 Å². The quantitative estimate of drug-likeness (QED) is 0.773. The first-order valence-corrected chi connectivity index (χ1v) is 6.02. The lowest BCUT2D eigenvalue weighted by Crippen LogP contribution is -2.51. The maximum absolute atomic E-state index is 5.94. The molecule has 0 unspecified atom stereocenters. The lowest BCUT2D eigenvalue weighted by atomic mass is 9.76. The minimum atomic E-state index is 0.443. The Morgan fingerprint density at radius 2 is 1.88 bits per heavy atom. The van der Waals surface area contributed by atoms with Crippen LogP contribution < -0.4 is 5.73 Å². The molecule has 0 spiro atoms. The van der Waals surface area contributed by atoms with Gasteiger partial charge < -0.3 is 5.73 Å². The van der Waals surface area contributed by atoms with Crippen LogP contribution in [0.15, 0.2) is 24.3 Å². The van der Waals surface area contributed by atoms with Crippen molar-refractivity contribution in [1.82, 2.24) is 4.90 Å². The van der Waals surface area contributed by atoms with E-state index in [0.29, 0.717) is 5.41 Å². The number of nitrogens with zero attached hydrogens (tertiary/aromatic N) is 1. The molecule has 1 aromatic rings. The van der Waals surface area contributed by atoms with Crippen LogP contribution in [0, 0.1) is 11.3 Å². The van der Waals surface area contributed by atoms with Gasteiger partial charge in [-0.1, -0.05) is 39.0 Å². The molecule has 1 saturated heterocycles. The monoisotopic (exact) mass is 218 g/mol. The van der Waals surface area contributed by atoms with Gasteiger partial charge in [-0.25, -0.2) is 0 Å². The van der Waals surface area contributed by atoms with E-state index in [1.54, 1.807) is 0 Å². The fourth-order valence-electron chi connectivity index (χ4n) is 2.17. The summed E-state index contributed by atoms with van der Waals surface area (Å²) in [4.78, 5) is 2.47. The number of hydrogen-bond donors (Lipinski definition) is 1. The van der Waals surface area contributed by atoms with E-state index in [1.165, 1.54) is 18.7 Å². The zero-order valence-electron chi connectivity index (χ0n) is 10.5. The Hall–Kier alpha value is -1.02. The molecule has 2 heteroatoms. The number of para-hydroxylation sites is 1. The van der Waals surface area contributed by atoms with Crippen LogP contribution in [0.2, 0.25) is 0 Å². The van der Waals surface area contributed by atoms with Gasteiger partial charge in [-0.2, -0.15) is 0 Å². The van der Waals surface area contributed by atoms with Gasteiger partial charge in [0.1, 0.15) is 0 Å². The standard InChI is InChI=1S/C14H22N2/c1-14(2,3)12-9-16(10-12)8-11-6-4-5-7-13(11)15/h4-7,12H,8-10,15H2,1-3H3. The van der Waals surface area contributed by atoms with Crippen molar-refractivity contribution < 1.29 is 0 Å². The van der Waals surface area contributed by atoms with Crippen molar-refractivity contribution in [3.05, 3.63) is 29.8 Å². The Morgan fingerprint density at radius 1 is 1.25 bits per heavy atom. The van der Waals surface area contributed by atoms with Crippen LogP contribution in [-0.4, -0.2) is 18.0 Å². The maximum atomic E-state index is 5.94. The summed E-state index contributed by atoms with van der Waals surface area (Å²) >= 11 is 0. The van der Waals surface area contributed by atoms with Crippen molar-refractivity contribution in [2.24, 2.45) is 11.3 Å². The lowest BCUT2D eigenvalue weighted by Gasteiger charge is -2.46. The van der Waals surface area contributed by atoms with Gasteiger partial charge in [0.15, 0.2) is 0 Å². The first-order valence-electron chi connectivity index (χ1n) is 6.02. The predicted molar refractivity (Wildman–Crippen MR) is 69.1 cm³/mol. The number of nitrogens with two attached hydrogens (primary N) is 1. The van der Waals surface area contributed by atoms with Crippen LogP contribution in [-0.2, 0) is 6.54 Å². The zero-order chi connectivity index (χ0) is 11.8. The van der Waals surface area contributed by atoms with Crippen LogP contribution in [0.4, 0.5) is 5.69 Å². The van der Waals surface area contributed by atoms with Gasteiger partial charge in [0.25, 0.3) is 0 Å². The van der Waals surface area contributed by atoms with E-state index >= 15 is 0 Å². The highest BCUT2D eigenvalue weighted by molar-refractivity contribution is 5.46. The van der Waals surface area contributed by atoms with E-state index in [2.05, 4.69) is 37.8 Å². The summed E-state index contributed by atoms with van der Waals surface area (Å²) in [7, 11) is 0. The molecule has 0 atom stereocenters. The number of nitrogen functional groups attached to an aromatic ring is 1. The van der Waals surface area contributed by atoms with Gasteiger partial charge in [0, 0.05) is 25.3 Å². The maximum Gasteiger partial charge on any atom is 0.0359 e. The Balaban J connectivity index is 1.89. The Bertz CT molecular complexity index is 359. The molecule has 1 aliphatic rings. The molecule has 16 heavy (non-hydrogen) atoms. The summed E-state index contributed by atoms with van der Waals surface area (Å²) in [6, 6.07) is 8.16. The molecule has 0 bridgehead atoms. The Labute approximate surface area is 98.4 Å². The molecular formula is C14H22N2. The third-order valence-electron chi connectivity index (χ3n) is 3.63. The molecule has 0 amide bonds. The van der Waals surface area contributed by atoms with Gasteiger partial charge in [-0.3, -0.25) is 4.90 Å². The van der Waals surface area contributed by atoms with Crippen molar-refractivity contribution in [3.63, 3.8) is 0 Å². The summed E-state index contributed by atoms with van der Waals surface area (Å²) in [5.74, 6) is 0.831. The first-order chi connectivity index (χ1) is 7.47. The molecule has 2 nitrogen and oxygen atoms in total. The third kappa shape index (κ3) is 2.38. The highest BCUT2D eigenvalue weighted by Gasteiger charge is 2.35. The second-order valence-corrected chi connectivity index (χ2v) is 5.96. The Kier molecular flexibility index (Phi) is 2.94. The molecule has 1 aromatic carbocycles. The summed E-state index contributed by atoms with van der Waals surface area (Å²) in [5.41, 5.74) is 8.56. The van der Waals surface area contributed by atoms with E-state index in [1.807, 2.05) is 12.1 Å². The van der Waals surface area contributed by atoms with E-state index in [9.17, 15) is 0 Å². The number of benzene rings is 1. The predicted octanol–water partition coefficient (Wildman–Crippen LogP) is 2.75. The topological polar surface area (TPSA) is 29.3 Å². The largest absolute Gasteiger partial charge is 0.398 e. The lowest BCUT2D eigenvalue weighted by molar-refractivity contribution is 0.0190. The zero-order valence-corrected chi connectivity index (χ0v) is 10.5. The van der Waals surface area contributed by atoms with Crippen LogP contribution in [0.25, 0.3) is 0 Å². The second kappa shape index (κ2) is 4.10. The van der Waals surface area contributed by atoms with Crippen molar-refractivity contribution in [2.75, 3.05) is 18.8 Å². The normalized spacial score (nSPS) is 18.4. The molecule has 0 aromatic heterocycles. The van der Waals surface area contributed by atoms with Gasteiger partial charge in [-0.15, -0.1) is 0 Å². The molecule has 0 radical (unpaired) electrons. The summed E-state index contributed by atoms with van der Waals surface area (Å²) in [5, 5.41) is 0. The number of likely N-dealkylation sites (tertiary alicyclic amines) is 1. The smallest absolute Gasteiger partial charge is 0.0359 e. The Morgan fingerprint density at radius 3 is 2.44 bits per heavy atom. The van der Waals surface area contributed by atoms with Crippen LogP contribution in [0.1, 0.15) is 26.3 Å². The fraction of sp³-hybridized carbons (Fsp3) is 0.571. The van der Waals surface area contributed by atoms with Crippen LogP contribution >= 0.6 is 0 Å². The number of anilines is 1. The SMILES string of the molecule is CC(C)(C)C1CN(Cc2ccccc2N)C1. The first kappa shape index (κ1) is 11.5.